The molecule has 0 spiro atoms. The number of nitrogens with one attached hydrogen (secondary N) is 2. The van der Waals surface area contributed by atoms with Crippen LogP contribution in [0.15, 0.2) is 23.2 Å². The number of likely N-dealkylation sites (N-methyl/N-ethyl adjacent to an activating group) is 1. The van der Waals surface area contributed by atoms with Crippen molar-refractivity contribution in [2.75, 3.05) is 73.6 Å². The second-order valence-corrected chi connectivity index (χ2v) is 9.04. The van der Waals surface area contributed by atoms with Crippen LogP contribution in [0.5, 0.6) is 11.5 Å². The number of hydrogen-bond donors (Lipinski definition) is 2. The molecule has 2 N–H and O–H groups in total. The first kappa shape index (κ1) is 24.6. The Bertz CT molecular complexity index is 725. The Hall–Kier alpha value is -1.99. The van der Waals surface area contributed by atoms with Gasteiger partial charge in [-0.2, -0.15) is 0 Å². The molecule has 32 heavy (non-hydrogen) atoms. The number of rotatable bonds is 9. The van der Waals surface area contributed by atoms with Gasteiger partial charge in [0.1, 0.15) is 0 Å². The second-order valence-electron chi connectivity index (χ2n) is 9.04. The van der Waals surface area contributed by atoms with Crippen LogP contribution in [0.25, 0.3) is 0 Å². The molecule has 1 aromatic carbocycles. The number of piperazine rings is 1. The van der Waals surface area contributed by atoms with Crippen LogP contribution in [-0.4, -0.2) is 89.4 Å². The maximum absolute atomic E-state index is 5.59. The van der Waals surface area contributed by atoms with E-state index in [4.69, 9.17) is 9.47 Å². The van der Waals surface area contributed by atoms with Gasteiger partial charge in [0.25, 0.3) is 0 Å². The quantitative estimate of drug-likeness (QED) is 0.450. The maximum Gasteiger partial charge on any atom is 0.191 e. The fourth-order valence-electron chi connectivity index (χ4n) is 5.10. The molecule has 1 aliphatic carbocycles. The Morgan fingerprint density at radius 2 is 1.66 bits per heavy atom. The van der Waals surface area contributed by atoms with Gasteiger partial charge in [0.05, 0.1) is 14.2 Å². The summed E-state index contributed by atoms with van der Waals surface area (Å²) in [6, 6.07) is 6.41. The Labute approximate surface area is 194 Å². The van der Waals surface area contributed by atoms with Crippen molar-refractivity contribution in [3.63, 3.8) is 0 Å². The number of aliphatic imine (C=N–C) groups is 1. The highest BCUT2D eigenvalue weighted by molar-refractivity contribution is 5.79. The smallest absolute Gasteiger partial charge is 0.191 e. The van der Waals surface area contributed by atoms with Gasteiger partial charge in [0, 0.05) is 58.3 Å². The molecular formula is C25H43N5O2. The van der Waals surface area contributed by atoms with Gasteiger partial charge in [-0.05, 0) is 37.1 Å². The minimum atomic E-state index is 0.0892. The Kier molecular flexibility index (Phi) is 9.48. The standard InChI is InChI=1S/C25H43N5O2/c1-5-29-15-17-30(18-16-29)14-13-27-24(26-2)28-20-25(11-7-6-8-12-25)21-9-10-22(31-3)23(19-21)32-4/h9-10,19H,5-8,11-18,20H2,1-4H3,(H2,26,27,28). The van der Waals surface area contributed by atoms with Gasteiger partial charge in [-0.25, -0.2) is 0 Å². The van der Waals surface area contributed by atoms with Crippen LogP contribution in [0.3, 0.4) is 0 Å². The highest BCUT2D eigenvalue weighted by Crippen LogP contribution is 2.42. The molecule has 0 amide bonds. The third-order valence-electron chi connectivity index (χ3n) is 7.26. The predicted molar refractivity (Wildman–Crippen MR) is 132 cm³/mol. The van der Waals surface area contributed by atoms with Gasteiger partial charge in [0.15, 0.2) is 17.5 Å². The molecule has 0 bridgehead atoms. The van der Waals surface area contributed by atoms with Gasteiger partial charge < -0.3 is 25.0 Å². The lowest BCUT2D eigenvalue weighted by Crippen LogP contribution is -2.50. The number of hydrogen-bond acceptors (Lipinski definition) is 5. The van der Waals surface area contributed by atoms with Crippen molar-refractivity contribution in [1.29, 1.82) is 0 Å². The normalized spacial score (nSPS) is 20.1. The van der Waals surface area contributed by atoms with Crippen LogP contribution in [0.2, 0.25) is 0 Å². The molecule has 7 nitrogen and oxygen atoms in total. The summed E-state index contributed by atoms with van der Waals surface area (Å²) < 4.78 is 11.1. The van der Waals surface area contributed by atoms with Crippen LogP contribution in [0.4, 0.5) is 0 Å². The van der Waals surface area contributed by atoms with Gasteiger partial charge in [0.2, 0.25) is 0 Å². The monoisotopic (exact) mass is 445 g/mol. The van der Waals surface area contributed by atoms with Gasteiger partial charge in [-0.3, -0.25) is 9.89 Å². The number of guanidine groups is 1. The highest BCUT2D eigenvalue weighted by Gasteiger charge is 2.34. The minimum Gasteiger partial charge on any atom is -0.493 e. The molecule has 7 heteroatoms. The molecule has 3 rings (SSSR count). The third kappa shape index (κ3) is 6.29. The molecule has 2 aliphatic rings. The fraction of sp³-hybridized carbons (Fsp3) is 0.720. The molecule has 0 aromatic heterocycles. The zero-order valence-corrected chi connectivity index (χ0v) is 20.6. The summed E-state index contributed by atoms with van der Waals surface area (Å²) in [5.41, 5.74) is 1.41. The molecular weight excluding hydrogens is 402 g/mol. The summed E-state index contributed by atoms with van der Waals surface area (Å²) in [7, 11) is 5.26. The van der Waals surface area contributed by atoms with Crippen LogP contribution in [0, 0.1) is 0 Å². The van der Waals surface area contributed by atoms with E-state index in [9.17, 15) is 0 Å². The van der Waals surface area contributed by atoms with Crippen LogP contribution < -0.4 is 20.1 Å². The van der Waals surface area contributed by atoms with E-state index in [-0.39, 0.29) is 5.41 Å². The number of benzene rings is 1. The lowest BCUT2D eigenvalue weighted by atomic mass is 9.69. The highest BCUT2D eigenvalue weighted by atomic mass is 16.5. The average molecular weight is 446 g/mol. The first-order valence-electron chi connectivity index (χ1n) is 12.3. The molecule has 1 heterocycles. The van der Waals surface area contributed by atoms with E-state index < -0.39 is 0 Å². The minimum absolute atomic E-state index is 0.0892. The topological polar surface area (TPSA) is 61.4 Å². The molecule has 1 saturated heterocycles. The Balaban J connectivity index is 1.57. The van der Waals surface area contributed by atoms with Crippen molar-refractivity contribution < 1.29 is 9.47 Å². The molecule has 2 fully saturated rings. The zero-order chi connectivity index (χ0) is 22.8. The van der Waals surface area contributed by atoms with Crippen LogP contribution in [-0.2, 0) is 5.41 Å². The summed E-state index contributed by atoms with van der Waals surface area (Å²) in [4.78, 5) is 9.55. The number of methoxy groups -OCH3 is 2. The average Bonchev–Trinajstić information content (AvgIpc) is 2.86. The van der Waals surface area contributed by atoms with E-state index >= 15 is 0 Å². The van der Waals surface area contributed by atoms with Crippen LogP contribution >= 0.6 is 0 Å². The largest absolute Gasteiger partial charge is 0.493 e. The van der Waals surface area contributed by atoms with E-state index in [1.165, 1.54) is 50.8 Å². The van der Waals surface area contributed by atoms with Crippen LogP contribution in [0.1, 0.15) is 44.6 Å². The second kappa shape index (κ2) is 12.3. The predicted octanol–water partition coefficient (Wildman–Crippen LogP) is 2.71. The lowest BCUT2D eigenvalue weighted by molar-refractivity contribution is 0.139. The summed E-state index contributed by atoms with van der Waals surface area (Å²) >= 11 is 0. The molecule has 0 unspecified atom stereocenters. The van der Waals surface area contributed by atoms with Gasteiger partial charge >= 0.3 is 0 Å². The first-order valence-corrected chi connectivity index (χ1v) is 12.3. The van der Waals surface area contributed by atoms with E-state index in [0.717, 1.165) is 56.7 Å². The first-order chi connectivity index (χ1) is 15.6. The lowest BCUT2D eigenvalue weighted by Gasteiger charge is -2.39. The summed E-state index contributed by atoms with van der Waals surface area (Å²) in [6.45, 7) is 10.9. The summed E-state index contributed by atoms with van der Waals surface area (Å²) in [5.74, 6) is 2.48. The van der Waals surface area contributed by atoms with Crippen molar-refractivity contribution in [3.05, 3.63) is 23.8 Å². The summed E-state index contributed by atoms with van der Waals surface area (Å²) in [6.07, 6.45) is 6.17. The van der Waals surface area contributed by atoms with E-state index in [1.54, 1.807) is 14.2 Å². The Morgan fingerprint density at radius 1 is 0.969 bits per heavy atom. The number of nitrogens with zero attached hydrogens (tertiary/aromatic N) is 3. The Morgan fingerprint density at radius 3 is 2.28 bits per heavy atom. The molecule has 1 aliphatic heterocycles. The van der Waals surface area contributed by atoms with Crippen molar-refractivity contribution >= 4 is 5.96 Å². The van der Waals surface area contributed by atoms with Crippen molar-refractivity contribution in [2.24, 2.45) is 4.99 Å². The van der Waals surface area contributed by atoms with Crippen molar-refractivity contribution in [1.82, 2.24) is 20.4 Å². The van der Waals surface area contributed by atoms with Crippen molar-refractivity contribution in [2.45, 2.75) is 44.4 Å². The molecule has 0 atom stereocenters. The zero-order valence-electron chi connectivity index (χ0n) is 20.6. The van der Waals surface area contributed by atoms with Crippen molar-refractivity contribution in [3.8, 4) is 11.5 Å². The van der Waals surface area contributed by atoms with Gasteiger partial charge in [-0.15, -0.1) is 0 Å². The van der Waals surface area contributed by atoms with E-state index in [0.29, 0.717) is 0 Å². The molecule has 180 valence electrons. The third-order valence-corrected chi connectivity index (χ3v) is 7.26. The van der Waals surface area contributed by atoms with E-state index in [1.807, 2.05) is 13.1 Å². The maximum atomic E-state index is 5.59. The molecule has 1 saturated carbocycles. The molecule has 0 radical (unpaired) electrons. The molecule has 1 aromatic rings. The summed E-state index contributed by atoms with van der Waals surface area (Å²) in [5, 5.41) is 7.17. The van der Waals surface area contributed by atoms with E-state index in [2.05, 4.69) is 44.5 Å². The SMILES string of the molecule is CCN1CCN(CCNC(=NC)NCC2(c3ccc(OC)c(OC)c3)CCCCC2)CC1. The van der Waals surface area contributed by atoms with Gasteiger partial charge in [-0.1, -0.05) is 32.3 Å². The number of ether oxygens (including phenoxy) is 2. The fourth-order valence-corrected chi connectivity index (χ4v) is 5.10.